The van der Waals surface area contributed by atoms with Gasteiger partial charge in [-0.2, -0.15) is 9.78 Å². The summed E-state index contributed by atoms with van der Waals surface area (Å²) < 4.78 is 18.3. The van der Waals surface area contributed by atoms with Crippen molar-refractivity contribution in [1.29, 1.82) is 0 Å². The average molecular weight is 607 g/mol. The highest BCUT2D eigenvalue weighted by Crippen LogP contribution is 2.34. The minimum atomic E-state index is -0.765. The second-order valence-electron chi connectivity index (χ2n) is 9.58. The van der Waals surface area contributed by atoms with Crippen LogP contribution in [0.1, 0.15) is 50.3 Å². The van der Waals surface area contributed by atoms with Crippen LogP contribution in [-0.4, -0.2) is 41.7 Å². The lowest BCUT2D eigenvalue weighted by Gasteiger charge is -2.18. The Bertz CT molecular complexity index is 1640. The van der Waals surface area contributed by atoms with E-state index in [1.165, 1.54) is 11.8 Å². The van der Waals surface area contributed by atoms with Crippen LogP contribution < -0.4 is 15.0 Å². The first-order chi connectivity index (χ1) is 19.1. The van der Waals surface area contributed by atoms with E-state index in [2.05, 4.69) is 34.9 Å². The molecule has 40 heavy (non-hydrogen) atoms. The molecule has 208 valence electrons. The molecule has 4 rings (SSSR count). The number of methoxy groups -OCH3 is 1. The number of rotatable bonds is 9. The number of ether oxygens (including phenoxy) is 3. The van der Waals surface area contributed by atoms with Crippen LogP contribution in [-0.2, 0) is 9.53 Å². The minimum absolute atomic E-state index is 0.199. The van der Waals surface area contributed by atoms with E-state index in [-0.39, 0.29) is 11.5 Å². The van der Waals surface area contributed by atoms with Crippen LogP contribution >= 0.6 is 15.9 Å². The molecule has 0 radical (unpaired) electrons. The van der Waals surface area contributed by atoms with Crippen molar-refractivity contribution in [3.8, 4) is 22.9 Å². The Kier molecular flexibility index (Phi) is 9.04. The second-order valence-corrected chi connectivity index (χ2v) is 10.4. The van der Waals surface area contributed by atoms with Gasteiger partial charge >= 0.3 is 5.97 Å². The highest BCUT2D eigenvalue weighted by Gasteiger charge is 2.19. The van der Waals surface area contributed by atoms with Crippen molar-refractivity contribution in [1.82, 2.24) is 9.66 Å². The fraction of sp³-hybridized carbons (Fsp3) is 0.290. The molecule has 0 unspecified atom stereocenters. The molecule has 0 spiro atoms. The van der Waals surface area contributed by atoms with Crippen LogP contribution in [0.25, 0.3) is 22.3 Å². The third-order valence-corrected chi connectivity index (χ3v) is 7.01. The lowest BCUT2D eigenvalue weighted by Crippen LogP contribution is -2.25. The Labute approximate surface area is 241 Å². The van der Waals surface area contributed by atoms with Gasteiger partial charge in [-0.1, -0.05) is 26.0 Å². The van der Waals surface area contributed by atoms with Gasteiger partial charge in [0.15, 0.2) is 11.9 Å². The van der Waals surface area contributed by atoms with Crippen molar-refractivity contribution >= 4 is 39.0 Å². The van der Waals surface area contributed by atoms with Gasteiger partial charge in [-0.3, -0.25) is 4.79 Å². The first kappa shape index (κ1) is 29.0. The molecule has 0 saturated carbocycles. The Morgan fingerprint density at radius 2 is 1.85 bits per heavy atom. The molecule has 3 aromatic carbocycles. The Hall–Kier alpha value is -3.98. The largest absolute Gasteiger partial charge is 0.494 e. The number of benzene rings is 3. The van der Waals surface area contributed by atoms with Crippen LogP contribution in [0.2, 0.25) is 0 Å². The monoisotopic (exact) mass is 605 g/mol. The van der Waals surface area contributed by atoms with E-state index in [0.717, 1.165) is 22.4 Å². The molecular formula is C31H32BrN3O5. The quantitative estimate of drug-likeness (QED) is 0.160. The van der Waals surface area contributed by atoms with Gasteiger partial charge in [0.1, 0.15) is 11.5 Å². The van der Waals surface area contributed by atoms with Crippen LogP contribution in [0.4, 0.5) is 0 Å². The normalized spacial score (nSPS) is 12.2. The summed E-state index contributed by atoms with van der Waals surface area (Å²) in [7, 11) is 1.31. The number of esters is 1. The molecule has 1 aromatic heterocycles. The summed E-state index contributed by atoms with van der Waals surface area (Å²) in [6.45, 7) is 10.3. The van der Waals surface area contributed by atoms with Crippen molar-refractivity contribution in [3.05, 3.63) is 86.1 Å². The molecule has 8 nitrogen and oxygen atoms in total. The van der Waals surface area contributed by atoms with Crippen molar-refractivity contribution in [3.63, 3.8) is 0 Å². The summed E-state index contributed by atoms with van der Waals surface area (Å²) in [6.07, 6.45) is 0.825. The lowest BCUT2D eigenvalue weighted by molar-refractivity contribution is -0.147. The zero-order valence-corrected chi connectivity index (χ0v) is 25.0. The van der Waals surface area contributed by atoms with Crippen LogP contribution in [0, 0.1) is 6.92 Å². The molecule has 0 bridgehead atoms. The van der Waals surface area contributed by atoms with E-state index in [1.807, 2.05) is 44.2 Å². The fourth-order valence-corrected chi connectivity index (χ4v) is 4.79. The molecular weight excluding hydrogens is 574 g/mol. The summed E-state index contributed by atoms with van der Waals surface area (Å²) in [6, 6.07) is 16.6. The smallest absolute Gasteiger partial charge is 0.346 e. The highest BCUT2D eigenvalue weighted by molar-refractivity contribution is 9.10. The predicted molar refractivity (Wildman–Crippen MR) is 161 cm³/mol. The first-order valence-corrected chi connectivity index (χ1v) is 13.8. The predicted octanol–water partition coefficient (Wildman–Crippen LogP) is 6.48. The molecule has 9 heteroatoms. The van der Waals surface area contributed by atoms with Crippen molar-refractivity contribution in [2.24, 2.45) is 5.10 Å². The maximum absolute atomic E-state index is 13.7. The molecule has 0 aliphatic rings. The first-order valence-electron chi connectivity index (χ1n) is 13.0. The van der Waals surface area contributed by atoms with Gasteiger partial charge in [-0.05, 0) is 102 Å². The molecule has 0 saturated heterocycles. The van der Waals surface area contributed by atoms with E-state index in [0.29, 0.717) is 39.1 Å². The van der Waals surface area contributed by atoms with E-state index >= 15 is 0 Å². The van der Waals surface area contributed by atoms with Gasteiger partial charge in [0.25, 0.3) is 5.56 Å². The number of halogens is 1. The molecule has 4 aromatic rings. The number of hydrogen-bond acceptors (Lipinski definition) is 7. The number of hydrogen-bond donors (Lipinski definition) is 0. The number of aromatic nitrogens is 2. The number of carbonyl (C=O) groups is 1. The number of nitrogens with zero attached hydrogens (tertiary/aromatic N) is 3. The summed E-state index contributed by atoms with van der Waals surface area (Å²) in [5, 5.41) is 5.07. The van der Waals surface area contributed by atoms with E-state index in [9.17, 15) is 9.59 Å². The number of aryl methyl sites for hydroxylation is 1. The van der Waals surface area contributed by atoms with Crippen LogP contribution in [0.3, 0.4) is 0 Å². The molecule has 0 fully saturated rings. The highest BCUT2D eigenvalue weighted by atomic mass is 79.9. The van der Waals surface area contributed by atoms with E-state index in [1.54, 1.807) is 37.4 Å². The minimum Gasteiger partial charge on any atom is -0.494 e. The van der Waals surface area contributed by atoms with Gasteiger partial charge in [-0.25, -0.2) is 9.78 Å². The number of para-hydroxylation sites is 1. The molecule has 0 amide bonds. The van der Waals surface area contributed by atoms with Gasteiger partial charge < -0.3 is 14.2 Å². The van der Waals surface area contributed by atoms with Crippen molar-refractivity contribution in [2.45, 2.75) is 46.6 Å². The molecule has 0 aliphatic carbocycles. The van der Waals surface area contributed by atoms with Crippen LogP contribution in [0.5, 0.6) is 11.5 Å². The van der Waals surface area contributed by atoms with Gasteiger partial charge in [0.05, 0.1) is 35.3 Å². The van der Waals surface area contributed by atoms with Crippen molar-refractivity contribution < 1.29 is 19.0 Å². The zero-order valence-electron chi connectivity index (χ0n) is 23.4. The fourth-order valence-electron chi connectivity index (χ4n) is 4.30. The van der Waals surface area contributed by atoms with E-state index < -0.39 is 12.1 Å². The summed E-state index contributed by atoms with van der Waals surface area (Å²) in [5.41, 5.74) is 3.78. The zero-order chi connectivity index (χ0) is 29.0. The Morgan fingerprint density at radius 1 is 1.10 bits per heavy atom. The number of fused-ring (bicyclic) bond motifs is 1. The molecule has 0 aliphatic heterocycles. The van der Waals surface area contributed by atoms with Gasteiger partial charge in [-0.15, -0.1) is 0 Å². The molecule has 1 heterocycles. The summed E-state index contributed by atoms with van der Waals surface area (Å²) >= 11 is 3.49. The van der Waals surface area contributed by atoms with Crippen molar-refractivity contribution in [2.75, 3.05) is 13.7 Å². The SMILES string of the molecule is CCOc1cc(C)c(-c2nc3ccccc3c(=O)n2N=Cc2ccc(O[C@H](C)C(=O)OC)c(Br)c2)cc1C(C)C. The van der Waals surface area contributed by atoms with E-state index in [4.69, 9.17) is 19.2 Å². The summed E-state index contributed by atoms with van der Waals surface area (Å²) in [5.74, 6) is 1.47. The summed E-state index contributed by atoms with van der Waals surface area (Å²) in [4.78, 5) is 30.3. The van der Waals surface area contributed by atoms with Gasteiger partial charge in [0.2, 0.25) is 0 Å². The third kappa shape index (κ3) is 6.09. The topological polar surface area (TPSA) is 92.0 Å². The Balaban J connectivity index is 1.82. The average Bonchev–Trinajstić information content (AvgIpc) is 2.93. The van der Waals surface area contributed by atoms with Crippen LogP contribution in [0.15, 0.2) is 69.0 Å². The lowest BCUT2D eigenvalue weighted by atomic mass is 9.96. The Morgan fingerprint density at radius 3 is 2.52 bits per heavy atom. The standard InChI is InChI=1S/C31H32BrN3O5/c1-7-39-28-14-19(4)24(16-23(28)18(2)3)29-34-26-11-9-8-10-22(26)30(36)35(29)33-17-21-12-13-27(25(32)15-21)40-20(5)31(37)38-6/h8-18,20H,7H2,1-6H3/t20-/m1/s1. The van der Waals surface area contributed by atoms with Gasteiger partial charge in [0, 0.05) is 5.56 Å². The maximum Gasteiger partial charge on any atom is 0.346 e. The molecule has 1 atom stereocenters. The number of carbonyl (C=O) groups excluding carboxylic acids is 1. The molecule has 0 N–H and O–H groups in total. The third-order valence-electron chi connectivity index (χ3n) is 6.39. The maximum atomic E-state index is 13.7. The second kappa shape index (κ2) is 12.5.